The Morgan fingerprint density at radius 2 is 1.33 bits per heavy atom. The third kappa shape index (κ3) is 12.8. The zero-order chi connectivity index (χ0) is 50.1. The highest BCUT2D eigenvalue weighted by Gasteiger charge is 2.40. The molecule has 21 heteroatoms. The lowest BCUT2D eigenvalue weighted by atomic mass is 10.1. The van der Waals surface area contributed by atoms with Gasteiger partial charge < -0.3 is 28.4 Å². The van der Waals surface area contributed by atoms with Crippen LogP contribution in [0.15, 0.2) is 54.9 Å². The largest absolute Gasteiger partial charge is 0.485 e. The van der Waals surface area contributed by atoms with E-state index in [4.69, 9.17) is 28.4 Å². The smallest absolute Gasteiger partial charge is 0.425 e. The zero-order valence-corrected chi connectivity index (χ0v) is 39.2. The maximum Gasteiger partial charge on any atom is 0.425 e. The van der Waals surface area contributed by atoms with Crippen LogP contribution in [-0.4, -0.2) is 84.9 Å². The van der Waals surface area contributed by atoms with Gasteiger partial charge in [-0.3, -0.25) is 10.1 Å². The van der Waals surface area contributed by atoms with Crippen LogP contribution in [0.4, 0.5) is 48.2 Å². The normalized spacial score (nSPS) is 12.1. The predicted octanol–water partition coefficient (Wildman–Crippen LogP) is 11.3. The number of nitrogens with zero attached hydrogens (tertiary/aromatic N) is 5. The van der Waals surface area contributed by atoms with E-state index in [9.17, 15) is 36.7 Å². The summed E-state index contributed by atoms with van der Waals surface area (Å²) in [5.74, 6) is -4.98. The molecule has 360 valence electrons. The summed E-state index contributed by atoms with van der Waals surface area (Å²) in [4.78, 5) is 75.7. The molecule has 0 atom stereocenters. The van der Waals surface area contributed by atoms with Gasteiger partial charge in [-0.05, 0) is 126 Å². The molecule has 1 N–H and O–H groups in total. The van der Waals surface area contributed by atoms with E-state index in [0.717, 1.165) is 39.8 Å². The van der Waals surface area contributed by atoms with Gasteiger partial charge in [-0.2, -0.15) is 10.00 Å². The molecule has 2 aromatic carbocycles. The van der Waals surface area contributed by atoms with Crippen molar-refractivity contribution in [2.45, 2.75) is 119 Å². The molecule has 67 heavy (non-hydrogen) atoms. The number of carbonyl (C=O) groups is 5. The summed E-state index contributed by atoms with van der Waals surface area (Å²) in [5.41, 5.74) is -5.71. The van der Waals surface area contributed by atoms with Gasteiger partial charge in [0.2, 0.25) is 17.4 Å². The number of hydrogen-bond acceptors (Lipinski definition) is 13. The van der Waals surface area contributed by atoms with Crippen LogP contribution in [0.3, 0.4) is 0 Å². The predicted molar refractivity (Wildman–Crippen MR) is 236 cm³/mol. The monoisotopic (exact) mass is 940 g/mol. The second kappa shape index (κ2) is 19.0. The molecular formula is C46H52F4N6O11. The Bertz CT molecular complexity index is 2670. The maximum absolute atomic E-state index is 15.3. The van der Waals surface area contributed by atoms with Crippen molar-refractivity contribution in [3.8, 4) is 23.1 Å². The van der Waals surface area contributed by atoms with Gasteiger partial charge in [0, 0.05) is 11.5 Å². The number of rotatable bonds is 10. The number of benzene rings is 2. The van der Waals surface area contributed by atoms with Gasteiger partial charge in [0.25, 0.3) is 6.43 Å². The van der Waals surface area contributed by atoms with Crippen LogP contribution in [0, 0.1) is 18.6 Å². The van der Waals surface area contributed by atoms with Gasteiger partial charge in [-0.25, -0.2) is 51.0 Å². The number of alkyl halides is 2. The first-order valence-electron chi connectivity index (χ1n) is 20.6. The summed E-state index contributed by atoms with van der Waals surface area (Å²) < 4.78 is 91.1. The molecule has 0 aliphatic carbocycles. The standard InChI is InChI=1S/C46H52F4N6O11/c1-24-17-35(63-37-27(47)15-14-16-28(37)48)51-22-32(24)56-38(55(41(60)66-45(8,9)10)42(61)67-46(11,12)13)26(21-52-56)36(57)31-18-25-19-33(62-23-34(49)50)29(53-39(58)64-43(2,3)4)20-30(25)54(31)40(59)65-44(5,6)7/h14-22,34H,23H2,1-13H3,(H,53,58). The molecule has 17 nitrogen and oxygen atoms in total. The lowest BCUT2D eigenvalue weighted by Crippen LogP contribution is -2.45. The molecular weight excluding hydrogens is 889 g/mol. The number of aromatic nitrogens is 4. The molecule has 0 unspecified atom stereocenters. The fourth-order valence-corrected chi connectivity index (χ4v) is 6.07. The van der Waals surface area contributed by atoms with E-state index in [0.29, 0.717) is 4.90 Å². The first-order chi connectivity index (χ1) is 30.8. The average Bonchev–Trinajstić information content (AvgIpc) is 3.74. The average molecular weight is 941 g/mol. The summed E-state index contributed by atoms with van der Waals surface area (Å²) in [6, 6.07) is 7.97. The summed E-state index contributed by atoms with van der Waals surface area (Å²) >= 11 is 0. The molecule has 0 aliphatic rings. The second-order valence-electron chi connectivity index (χ2n) is 19.0. The number of nitrogens with one attached hydrogen (secondary N) is 1. The van der Waals surface area contributed by atoms with Gasteiger partial charge in [0.1, 0.15) is 40.5 Å². The Balaban J connectivity index is 1.81. The number of anilines is 2. The molecule has 0 bridgehead atoms. The summed E-state index contributed by atoms with van der Waals surface area (Å²) in [6.45, 7) is 19.0. The van der Waals surface area contributed by atoms with Crippen LogP contribution < -0.4 is 19.7 Å². The number of carbonyl (C=O) groups excluding carboxylic acids is 5. The fourth-order valence-electron chi connectivity index (χ4n) is 6.07. The topological polar surface area (TPSA) is 192 Å². The molecule has 0 saturated carbocycles. The van der Waals surface area contributed by atoms with Crippen molar-refractivity contribution in [3.63, 3.8) is 0 Å². The molecule has 0 aliphatic heterocycles. The zero-order valence-electron chi connectivity index (χ0n) is 39.2. The number of ketones is 1. The van der Waals surface area contributed by atoms with E-state index in [1.54, 1.807) is 41.5 Å². The van der Waals surface area contributed by atoms with Gasteiger partial charge in [-0.1, -0.05) is 6.07 Å². The molecule has 0 spiro atoms. The number of fused-ring (bicyclic) bond motifs is 1. The number of para-hydroxylation sites is 1. The number of pyridine rings is 1. The van der Waals surface area contributed by atoms with Crippen molar-refractivity contribution in [3.05, 3.63) is 83.3 Å². The van der Waals surface area contributed by atoms with E-state index in [1.165, 1.54) is 72.7 Å². The Hall–Kier alpha value is -7.19. The maximum atomic E-state index is 15.3. The number of imide groups is 1. The minimum absolute atomic E-state index is 0.00103. The molecule has 3 aromatic heterocycles. The number of hydrogen-bond donors (Lipinski definition) is 1. The summed E-state index contributed by atoms with van der Waals surface area (Å²) in [5, 5.41) is 6.88. The van der Waals surface area contributed by atoms with Gasteiger partial charge in [0.05, 0.1) is 34.8 Å². The van der Waals surface area contributed by atoms with Crippen LogP contribution >= 0.6 is 0 Å². The number of amides is 3. The first kappa shape index (κ1) is 50.8. The van der Waals surface area contributed by atoms with Crippen LogP contribution in [0.2, 0.25) is 0 Å². The molecule has 3 amide bonds. The fraction of sp³-hybridized carbons (Fsp3) is 0.413. The highest BCUT2D eigenvalue weighted by Crippen LogP contribution is 2.37. The molecule has 5 aromatic rings. The second-order valence-corrected chi connectivity index (χ2v) is 19.0. The minimum atomic E-state index is -2.95. The third-order valence-corrected chi connectivity index (χ3v) is 8.48. The van der Waals surface area contributed by atoms with E-state index in [-0.39, 0.29) is 39.5 Å². The molecule has 0 radical (unpaired) electrons. The van der Waals surface area contributed by atoms with Gasteiger partial charge in [0.15, 0.2) is 17.5 Å². The van der Waals surface area contributed by atoms with Gasteiger partial charge >= 0.3 is 24.4 Å². The van der Waals surface area contributed by atoms with Crippen molar-refractivity contribution in [1.82, 2.24) is 19.3 Å². The molecule has 0 fully saturated rings. The Morgan fingerprint density at radius 3 is 1.85 bits per heavy atom. The van der Waals surface area contributed by atoms with Crippen LogP contribution in [0.5, 0.6) is 17.4 Å². The lowest BCUT2D eigenvalue weighted by molar-refractivity contribution is 0.0424. The molecule has 5 rings (SSSR count). The Labute approximate surface area is 383 Å². The van der Waals surface area contributed by atoms with Crippen molar-refractivity contribution in [2.75, 3.05) is 16.8 Å². The van der Waals surface area contributed by atoms with Crippen molar-refractivity contribution < 1.29 is 70.0 Å². The quantitative estimate of drug-likeness (QED) is 0.0791. The van der Waals surface area contributed by atoms with Crippen LogP contribution in [0.25, 0.3) is 16.6 Å². The highest BCUT2D eigenvalue weighted by atomic mass is 19.3. The van der Waals surface area contributed by atoms with Gasteiger partial charge in [-0.15, -0.1) is 0 Å². The van der Waals surface area contributed by atoms with Crippen molar-refractivity contribution in [2.24, 2.45) is 0 Å². The SMILES string of the molecule is Cc1cc(Oc2c(F)cccc2F)ncc1-n1ncc(C(=O)c2cc3cc(OCC(F)F)c(NC(=O)OC(C)(C)C)cc3n2C(=O)OC(C)(C)C)c1N(C(=O)OC(C)(C)C)C(=O)OC(C)(C)C. The molecule has 3 heterocycles. The van der Waals surface area contributed by atoms with Crippen LogP contribution in [0.1, 0.15) is 105 Å². The lowest BCUT2D eigenvalue weighted by Gasteiger charge is -2.29. The third-order valence-electron chi connectivity index (χ3n) is 8.48. The van der Waals surface area contributed by atoms with Crippen LogP contribution in [-0.2, 0) is 18.9 Å². The van der Waals surface area contributed by atoms with Crippen molar-refractivity contribution >= 4 is 52.6 Å². The highest BCUT2D eigenvalue weighted by molar-refractivity contribution is 6.20. The Morgan fingerprint density at radius 1 is 0.761 bits per heavy atom. The number of halogens is 4. The summed E-state index contributed by atoms with van der Waals surface area (Å²) in [6.07, 6.45) is -5.61. The number of ether oxygens (including phenoxy) is 6. The van der Waals surface area contributed by atoms with E-state index in [2.05, 4.69) is 15.4 Å². The van der Waals surface area contributed by atoms with E-state index in [1.807, 2.05) is 0 Å². The minimum Gasteiger partial charge on any atom is -0.485 e. The van der Waals surface area contributed by atoms with E-state index >= 15 is 4.79 Å². The van der Waals surface area contributed by atoms with Crippen molar-refractivity contribution in [1.29, 1.82) is 0 Å². The summed E-state index contributed by atoms with van der Waals surface area (Å²) in [7, 11) is 0. The van der Waals surface area contributed by atoms with E-state index < -0.39 is 100 Å². The Kier molecular flexibility index (Phi) is 14.4. The molecule has 0 saturated heterocycles. The first-order valence-corrected chi connectivity index (χ1v) is 20.6. The number of aryl methyl sites for hydroxylation is 1.